The summed E-state index contributed by atoms with van der Waals surface area (Å²) in [6.45, 7) is 6.95. The lowest BCUT2D eigenvalue weighted by molar-refractivity contribution is -0.275. The van der Waals surface area contributed by atoms with Crippen molar-refractivity contribution in [1.82, 2.24) is 10.2 Å². The van der Waals surface area contributed by atoms with Crippen molar-refractivity contribution in [2.45, 2.75) is 70.9 Å². The van der Waals surface area contributed by atoms with Crippen LogP contribution in [0.5, 0.6) is 11.5 Å². The lowest BCUT2D eigenvalue weighted by Gasteiger charge is -2.28. The molecule has 2 amide bonds. The standard InChI is InChI=1S/C29H37F3N2O8/c1-19(33-26(35)39-16-20-9-7-6-8-10-20)24-12-11-22(14-25(24)41-29(30,31)32)38-17-21-13-23(40-18-37-5)15-34(21)27(36)42-28(2,3)4/h6-12,14,19,21,23H,13,15-18H2,1-5H3,(H,33,35)/t19-,21+,23+/m0/s1. The number of hydrogen-bond acceptors (Lipinski definition) is 8. The van der Waals surface area contributed by atoms with Gasteiger partial charge < -0.3 is 33.7 Å². The van der Waals surface area contributed by atoms with E-state index in [1.165, 1.54) is 31.1 Å². The summed E-state index contributed by atoms with van der Waals surface area (Å²) < 4.78 is 71.2. The minimum absolute atomic E-state index is 0.00305. The lowest BCUT2D eigenvalue weighted by Crippen LogP contribution is -2.42. The van der Waals surface area contributed by atoms with Crippen LogP contribution in [0.2, 0.25) is 0 Å². The predicted molar refractivity (Wildman–Crippen MR) is 145 cm³/mol. The van der Waals surface area contributed by atoms with Crippen molar-refractivity contribution in [3.05, 3.63) is 59.7 Å². The highest BCUT2D eigenvalue weighted by Gasteiger charge is 2.39. The molecule has 232 valence electrons. The van der Waals surface area contributed by atoms with Crippen LogP contribution < -0.4 is 14.8 Å². The van der Waals surface area contributed by atoms with Gasteiger partial charge in [-0.25, -0.2) is 9.59 Å². The highest BCUT2D eigenvalue weighted by atomic mass is 19.4. The number of methoxy groups -OCH3 is 1. The van der Waals surface area contributed by atoms with Gasteiger partial charge in [0.25, 0.3) is 0 Å². The van der Waals surface area contributed by atoms with Crippen molar-refractivity contribution in [1.29, 1.82) is 0 Å². The maximum atomic E-state index is 13.3. The lowest BCUT2D eigenvalue weighted by atomic mass is 10.1. The van der Waals surface area contributed by atoms with E-state index in [9.17, 15) is 22.8 Å². The Balaban J connectivity index is 1.70. The van der Waals surface area contributed by atoms with Crippen LogP contribution in [0.15, 0.2) is 48.5 Å². The minimum atomic E-state index is -4.99. The van der Waals surface area contributed by atoms with Crippen molar-refractivity contribution in [3.8, 4) is 11.5 Å². The molecule has 1 aliphatic rings. The van der Waals surface area contributed by atoms with Crippen molar-refractivity contribution >= 4 is 12.2 Å². The molecule has 3 rings (SSSR count). The van der Waals surface area contributed by atoms with Gasteiger partial charge in [-0.2, -0.15) is 0 Å². The molecule has 1 N–H and O–H groups in total. The van der Waals surface area contributed by atoms with E-state index in [0.29, 0.717) is 6.42 Å². The predicted octanol–water partition coefficient (Wildman–Crippen LogP) is 5.95. The van der Waals surface area contributed by atoms with E-state index in [-0.39, 0.29) is 44.0 Å². The second-order valence-corrected chi connectivity index (χ2v) is 10.7. The van der Waals surface area contributed by atoms with E-state index in [0.717, 1.165) is 11.6 Å². The zero-order valence-corrected chi connectivity index (χ0v) is 24.2. The monoisotopic (exact) mass is 598 g/mol. The highest BCUT2D eigenvalue weighted by molar-refractivity contribution is 5.69. The summed E-state index contributed by atoms with van der Waals surface area (Å²) in [5.41, 5.74) is 0.0827. The largest absolute Gasteiger partial charge is 0.573 e. The number of carbonyl (C=O) groups excluding carboxylic acids is 2. The maximum Gasteiger partial charge on any atom is 0.573 e. The van der Waals surface area contributed by atoms with E-state index >= 15 is 0 Å². The number of carbonyl (C=O) groups is 2. The van der Waals surface area contributed by atoms with Crippen molar-refractivity contribution in [2.75, 3.05) is 27.1 Å². The second kappa shape index (κ2) is 14.5. The average molecular weight is 599 g/mol. The number of rotatable bonds is 11. The molecule has 13 heteroatoms. The van der Waals surface area contributed by atoms with Crippen molar-refractivity contribution in [2.24, 2.45) is 0 Å². The number of amides is 2. The Morgan fingerprint density at radius 1 is 1.10 bits per heavy atom. The fraction of sp³-hybridized carbons (Fsp3) is 0.517. The van der Waals surface area contributed by atoms with Crippen LogP contribution >= 0.6 is 0 Å². The van der Waals surface area contributed by atoms with Crippen molar-refractivity contribution in [3.63, 3.8) is 0 Å². The number of alkyl halides is 3. The Morgan fingerprint density at radius 3 is 2.45 bits per heavy atom. The fourth-order valence-corrected chi connectivity index (χ4v) is 4.25. The van der Waals surface area contributed by atoms with Gasteiger partial charge in [0.15, 0.2) is 0 Å². The summed E-state index contributed by atoms with van der Waals surface area (Å²) in [5.74, 6) is -0.477. The third-order valence-corrected chi connectivity index (χ3v) is 6.09. The van der Waals surface area contributed by atoms with Crippen LogP contribution in [-0.2, 0) is 25.6 Å². The van der Waals surface area contributed by atoms with Crippen LogP contribution in [0.3, 0.4) is 0 Å². The smallest absolute Gasteiger partial charge is 0.491 e. The minimum Gasteiger partial charge on any atom is -0.491 e. The molecule has 0 aromatic heterocycles. The molecule has 0 spiro atoms. The molecule has 0 aliphatic carbocycles. The zero-order valence-electron chi connectivity index (χ0n) is 24.2. The highest BCUT2D eigenvalue weighted by Crippen LogP contribution is 2.34. The Labute approximate surface area is 242 Å². The van der Waals surface area contributed by atoms with Gasteiger partial charge in [0.05, 0.1) is 24.7 Å². The number of benzene rings is 2. The van der Waals surface area contributed by atoms with Crippen LogP contribution in [-0.4, -0.2) is 68.2 Å². The molecule has 2 aromatic rings. The Kier molecular flexibility index (Phi) is 11.3. The zero-order chi connectivity index (χ0) is 30.9. The normalized spacial score (nSPS) is 17.9. The second-order valence-electron chi connectivity index (χ2n) is 10.7. The number of nitrogens with zero attached hydrogens (tertiary/aromatic N) is 1. The van der Waals surface area contributed by atoms with Gasteiger partial charge in [0, 0.05) is 18.7 Å². The number of halogens is 3. The third-order valence-electron chi connectivity index (χ3n) is 6.09. The Morgan fingerprint density at radius 2 is 1.81 bits per heavy atom. The van der Waals surface area contributed by atoms with Gasteiger partial charge in [0.2, 0.25) is 0 Å². The van der Waals surface area contributed by atoms with E-state index < -0.39 is 42.0 Å². The van der Waals surface area contributed by atoms with Crippen LogP contribution in [0.25, 0.3) is 0 Å². The summed E-state index contributed by atoms with van der Waals surface area (Å²) >= 11 is 0. The molecular formula is C29H37F3N2O8. The van der Waals surface area contributed by atoms with Gasteiger partial charge in [-0.05, 0) is 51.8 Å². The first-order valence-corrected chi connectivity index (χ1v) is 13.3. The third kappa shape index (κ3) is 10.6. The fourth-order valence-electron chi connectivity index (χ4n) is 4.25. The number of likely N-dealkylation sites (tertiary alicyclic amines) is 1. The van der Waals surface area contributed by atoms with Gasteiger partial charge in [0.1, 0.15) is 37.1 Å². The first-order chi connectivity index (χ1) is 19.7. The quantitative estimate of drug-likeness (QED) is 0.317. The number of ether oxygens (including phenoxy) is 6. The maximum absolute atomic E-state index is 13.3. The average Bonchev–Trinajstić information content (AvgIpc) is 3.31. The van der Waals surface area contributed by atoms with E-state index in [2.05, 4.69) is 10.1 Å². The summed E-state index contributed by atoms with van der Waals surface area (Å²) in [4.78, 5) is 26.6. The van der Waals surface area contributed by atoms with E-state index in [4.69, 9.17) is 23.7 Å². The number of nitrogens with one attached hydrogen (secondary N) is 1. The van der Waals surface area contributed by atoms with Crippen LogP contribution in [0, 0.1) is 0 Å². The molecule has 2 aromatic carbocycles. The molecule has 1 aliphatic heterocycles. The first-order valence-electron chi connectivity index (χ1n) is 13.3. The summed E-state index contributed by atoms with van der Waals surface area (Å²) in [7, 11) is 1.48. The van der Waals surface area contributed by atoms with Crippen molar-refractivity contribution < 1.29 is 51.2 Å². The molecule has 0 bridgehead atoms. The molecule has 10 nitrogen and oxygen atoms in total. The summed E-state index contributed by atoms with van der Waals surface area (Å²) in [6, 6.07) is 11.5. The van der Waals surface area contributed by atoms with E-state index in [1.807, 2.05) is 6.07 Å². The van der Waals surface area contributed by atoms with Crippen LogP contribution in [0.4, 0.5) is 22.8 Å². The number of hydrogen-bond donors (Lipinski definition) is 1. The van der Waals surface area contributed by atoms with Crippen LogP contribution in [0.1, 0.15) is 51.3 Å². The molecule has 42 heavy (non-hydrogen) atoms. The number of alkyl carbamates (subject to hydrolysis) is 1. The first kappa shape index (κ1) is 32.8. The Hall–Kier alpha value is -3.71. The molecule has 0 saturated carbocycles. The molecule has 1 fully saturated rings. The topological polar surface area (TPSA) is 105 Å². The molecule has 3 atom stereocenters. The van der Waals surface area contributed by atoms with Gasteiger partial charge >= 0.3 is 18.5 Å². The van der Waals surface area contributed by atoms with Gasteiger partial charge in [-0.3, -0.25) is 4.90 Å². The van der Waals surface area contributed by atoms with E-state index in [1.54, 1.807) is 45.0 Å². The summed E-state index contributed by atoms with van der Waals surface area (Å²) in [6.07, 6.45) is -6.30. The SMILES string of the molecule is COCO[C@@H]1C[C@H](COc2ccc([C@H](C)NC(=O)OCc3ccccc3)c(OC(F)(F)F)c2)N(C(=O)OC(C)(C)C)C1. The Bertz CT molecular complexity index is 1170. The molecule has 1 heterocycles. The molecular weight excluding hydrogens is 561 g/mol. The molecule has 0 unspecified atom stereocenters. The molecule has 1 saturated heterocycles. The van der Waals surface area contributed by atoms with Gasteiger partial charge in [-0.1, -0.05) is 30.3 Å². The molecule has 0 radical (unpaired) electrons. The van der Waals surface area contributed by atoms with Gasteiger partial charge in [-0.15, -0.1) is 13.2 Å². The summed E-state index contributed by atoms with van der Waals surface area (Å²) in [5, 5.41) is 2.52.